The van der Waals surface area contributed by atoms with Crippen molar-refractivity contribution in [1.29, 1.82) is 0 Å². The van der Waals surface area contributed by atoms with E-state index in [1.54, 1.807) is 11.0 Å². The fourth-order valence-electron chi connectivity index (χ4n) is 2.40. The maximum atomic E-state index is 13.4. The van der Waals surface area contributed by atoms with Gasteiger partial charge in [-0.1, -0.05) is 11.6 Å². The molecule has 4 nitrogen and oxygen atoms in total. The lowest BCUT2D eigenvalue weighted by Gasteiger charge is -2.27. The van der Waals surface area contributed by atoms with Gasteiger partial charge in [-0.05, 0) is 45.4 Å². The number of hydrogen-bond donors (Lipinski definition) is 0. The molecule has 1 fully saturated rings. The summed E-state index contributed by atoms with van der Waals surface area (Å²) >= 11 is 6.16. The molecule has 0 unspecified atom stereocenters. The number of carbonyl (C=O) groups is 1. The van der Waals surface area contributed by atoms with E-state index in [2.05, 4.69) is 0 Å². The van der Waals surface area contributed by atoms with Crippen molar-refractivity contribution in [1.82, 2.24) is 4.90 Å². The molecule has 0 radical (unpaired) electrons. The van der Waals surface area contributed by atoms with E-state index in [-0.39, 0.29) is 11.9 Å². The zero-order chi connectivity index (χ0) is 16.3. The average Bonchev–Trinajstić information content (AvgIpc) is 2.65. The molecule has 0 aliphatic carbocycles. The highest BCUT2D eigenvalue weighted by molar-refractivity contribution is 6.33. The fourth-order valence-corrected chi connectivity index (χ4v) is 2.63. The van der Waals surface area contributed by atoms with E-state index in [4.69, 9.17) is 16.3 Å². The van der Waals surface area contributed by atoms with Gasteiger partial charge < -0.3 is 14.5 Å². The van der Waals surface area contributed by atoms with E-state index < -0.39 is 5.60 Å². The van der Waals surface area contributed by atoms with E-state index >= 15 is 0 Å². The first-order chi connectivity index (χ1) is 10.3. The van der Waals surface area contributed by atoms with Crippen LogP contribution in [-0.2, 0) is 4.74 Å². The van der Waals surface area contributed by atoms with Crippen LogP contribution in [0.25, 0.3) is 0 Å². The number of rotatable bonds is 1. The second-order valence-corrected chi connectivity index (χ2v) is 6.81. The molecule has 122 valence electrons. The van der Waals surface area contributed by atoms with Gasteiger partial charge in [0, 0.05) is 26.2 Å². The Morgan fingerprint density at radius 2 is 1.95 bits per heavy atom. The van der Waals surface area contributed by atoms with Gasteiger partial charge in [-0.15, -0.1) is 0 Å². The largest absolute Gasteiger partial charge is 0.444 e. The van der Waals surface area contributed by atoms with E-state index in [1.165, 1.54) is 12.1 Å². The van der Waals surface area contributed by atoms with Crippen molar-refractivity contribution >= 4 is 23.4 Å². The number of amides is 1. The van der Waals surface area contributed by atoms with Gasteiger partial charge >= 0.3 is 6.09 Å². The Morgan fingerprint density at radius 1 is 1.23 bits per heavy atom. The zero-order valence-electron chi connectivity index (χ0n) is 13.2. The van der Waals surface area contributed by atoms with Crippen molar-refractivity contribution in [2.24, 2.45) is 0 Å². The Morgan fingerprint density at radius 3 is 2.64 bits per heavy atom. The molecule has 0 N–H and O–H groups in total. The number of halogens is 2. The van der Waals surface area contributed by atoms with E-state index in [9.17, 15) is 9.18 Å². The minimum absolute atomic E-state index is 0.306. The molecule has 1 saturated heterocycles. The Hall–Kier alpha value is -1.49. The lowest BCUT2D eigenvalue weighted by atomic mass is 10.2. The van der Waals surface area contributed by atoms with Crippen molar-refractivity contribution in [3.63, 3.8) is 0 Å². The minimum Gasteiger partial charge on any atom is -0.444 e. The smallest absolute Gasteiger partial charge is 0.410 e. The molecule has 2 rings (SSSR count). The molecule has 0 saturated carbocycles. The third-order valence-corrected chi connectivity index (χ3v) is 3.72. The summed E-state index contributed by atoms with van der Waals surface area (Å²) in [5, 5.41) is 0.520. The van der Waals surface area contributed by atoms with Crippen molar-refractivity contribution in [2.45, 2.75) is 32.8 Å². The number of nitrogens with zero attached hydrogens (tertiary/aromatic N) is 2. The van der Waals surface area contributed by atoms with Crippen LogP contribution >= 0.6 is 11.6 Å². The Kier molecular flexibility index (Phi) is 5.16. The van der Waals surface area contributed by atoms with Crippen LogP contribution in [0.2, 0.25) is 5.02 Å². The lowest BCUT2D eigenvalue weighted by molar-refractivity contribution is 0.0263. The third-order valence-electron chi connectivity index (χ3n) is 3.40. The minimum atomic E-state index is -0.505. The predicted octanol–water partition coefficient (Wildman–Crippen LogP) is 3.93. The Labute approximate surface area is 135 Å². The van der Waals surface area contributed by atoms with E-state index in [0.29, 0.717) is 30.3 Å². The van der Waals surface area contributed by atoms with Crippen LogP contribution in [0.4, 0.5) is 14.9 Å². The second-order valence-electron chi connectivity index (χ2n) is 6.40. The Balaban J connectivity index is 2.03. The standard InChI is InChI=1S/C16H22ClFN2O2/c1-16(2,3)22-15(21)20-8-4-7-19(9-10-20)14-11-12(18)5-6-13(14)17/h5-6,11H,4,7-10H2,1-3H3. The van der Waals surface area contributed by atoms with Crippen LogP contribution in [0.1, 0.15) is 27.2 Å². The summed E-state index contributed by atoms with van der Waals surface area (Å²) in [4.78, 5) is 15.8. The van der Waals surface area contributed by atoms with Crippen LogP contribution in [0, 0.1) is 5.82 Å². The average molecular weight is 329 g/mol. The first kappa shape index (κ1) is 16.9. The summed E-state index contributed by atoms with van der Waals surface area (Å²) in [6, 6.07) is 4.34. The highest BCUT2D eigenvalue weighted by atomic mass is 35.5. The molecule has 1 aromatic carbocycles. The van der Waals surface area contributed by atoms with Gasteiger partial charge in [-0.3, -0.25) is 0 Å². The molecule has 1 aliphatic rings. The van der Waals surface area contributed by atoms with Crippen LogP contribution in [0.5, 0.6) is 0 Å². The van der Waals surface area contributed by atoms with Gasteiger partial charge in [0.25, 0.3) is 0 Å². The maximum Gasteiger partial charge on any atom is 0.410 e. The van der Waals surface area contributed by atoms with Crippen LogP contribution in [0.15, 0.2) is 18.2 Å². The molecule has 1 aliphatic heterocycles. The summed E-state index contributed by atoms with van der Waals surface area (Å²) in [5.74, 6) is -0.312. The lowest BCUT2D eigenvalue weighted by Crippen LogP contribution is -2.39. The number of anilines is 1. The summed E-state index contributed by atoms with van der Waals surface area (Å²) in [6.07, 6.45) is 0.478. The first-order valence-corrected chi connectivity index (χ1v) is 7.82. The Bertz CT molecular complexity index is 545. The van der Waals surface area contributed by atoms with Gasteiger partial charge in [-0.25, -0.2) is 9.18 Å². The predicted molar refractivity (Wildman–Crippen MR) is 86.0 cm³/mol. The molecular formula is C16H22ClFN2O2. The highest BCUT2D eigenvalue weighted by Gasteiger charge is 2.25. The molecular weight excluding hydrogens is 307 g/mol. The van der Waals surface area contributed by atoms with Gasteiger partial charge in [-0.2, -0.15) is 0 Å². The summed E-state index contributed by atoms with van der Waals surface area (Å²) in [6.45, 7) is 8.02. The number of hydrogen-bond acceptors (Lipinski definition) is 3. The summed E-state index contributed by atoms with van der Waals surface area (Å²) in [5.41, 5.74) is 0.169. The van der Waals surface area contributed by atoms with Gasteiger partial charge in [0.2, 0.25) is 0 Å². The number of benzene rings is 1. The molecule has 1 amide bonds. The quantitative estimate of drug-likeness (QED) is 0.783. The van der Waals surface area contributed by atoms with Crippen LogP contribution in [0.3, 0.4) is 0 Å². The SMILES string of the molecule is CC(C)(C)OC(=O)N1CCCN(c2cc(F)ccc2Cl)CC1. The van der Waals surface area contributed by atoms with E-state index in [0.717, 1.165) is 13.0 Å². The monoisotopic (exact) mass is 328 g/mol. The maximum absolute atomic E-state index is 13.4. The molecule has 22 heavy (non-hydrogen) atoms. The summed E-state index contributed by atoms with van der Waals surface area (Å²) in [7, 11) is 0. The van der Waals surface area contributed by atoms with Crippen molar-refractivity contribution in [3.8, 4) is 0 Å². The molecule has 0 atom stereocenters. The second kappa shape index (κ2) is 6.73. The summed E-state index contributed by atoms with van der Waals surface area (Å²) < 4.78 is 18.8. The van der Waals surface area contributed by atoms with Crippen molar-refractivity contribution in [3.05, 3.63) is 29.0 Å². The zero-order valence-corrected chi connectivity index (χ0v) is 14.0. The van der Waals surface area contributed by atoms with Crippen molar-refractivity contribution < 1.29 is 13.9 Å². The van der Waals surface area contributed by atoms with Gasteiger partial charge in [0.05, 0.1) is 10.7 Å². The fraction of sp³-hybridized carbons (Fsp3) is 0.562. The topological polar surface area (TPSA) is 32.8 Å². The molecule has 0 spiro atoms. The molecule has 0 bridgehead atoms. The van der Waals surface area contributed by atoms with Gasteiger partial charge in [0.15, 0.2) is 0 Å². The highest BCUT2D eigenvalue weighted by Crippen LogP contribution is 2.27. The van der Waals surface area contributed by atoms with Crippen molar-refractivity contribution in [2.75, 3.05) is 31.1 Å². The molecule has 6 heteroatoms. The number of carbonyl (C=O) groups excluding carboxylic acids is 1. The first-order valence-electron chi connectivity index (χ1n) is 7.44. The van der Waals surface area contributed by atoms with Gasteiger partial charge in [0.1, 0.15) is 11.4 Å². The van der Waals surface area contributed by atoms with Crippen LogP contribution < -0.4 is 4.90 Å². The molecule has 1 aromatic rings. The number of ether oxygens (including phenoxy) is 1. The third kappa shape index (κ3) is 4.50. The molecule has 0 aromatic heterocycles. The molecule has 1 heterocycles. The van der Waals surface area contributed by atoms with Crippen LogP contribution in [-0.4, -0.2) is 42.8 Å². The normalized spacial score (nSPS) is 16.4. The van der Waals surface area contributed by atoms with E-state index in [1.807, 2.05) is 25.7 Å².